The maximum Gasteiger partial charge on any atom is 0.331 e. The van der Waals surface area contributed by atoms with E-state index in [0.29, 0.717) is 24.0 Å². The van der Waals surface area contributed by atoms with E-state index in [4.69, 9.17) is 10.2 Å². The summed E-state index contributed by atoms with van der Waals surface area (Å²) in [7, 11) is 0. The molecule has 0 aromatic heterocycles. The van der Waals surface area contributed by atoms with Crippen LogP contribution in [0.15, 0.2) is 71.8 Å². The van der Waals surface area contributed by atoms with Crippen molar-refractivity contribution in [2.24, 2.45) is 0 Å². The van der Waals surface area contributed by atoms with Gasteiger partial charge in [0, 0.05) is 28.5 Å². The fraction of sp³-hybridized carbons (Fsp3) is 0.182. The van der Waals surface area contributed by atoms with Gasteiger partial charge in [0.05, 0.1) is 0 Å². The van der Waals surface area contributed by atoms with Crippen molar-refractivity contribution in [2.75, 3.05) is 0 Å². The number of aliphatic carboxylic acids is 2. The number of hydrogen-bond acceptors (Lipinski definition) is 2. The van der Waals surface area contributed by atoms with Crippen LogP contribution in [0.2, 0.25) is 0 Å². The standard InChI is InChI=1S/2C11H12O2.Cr/c2*1-2-10(11(12)13)8-9-6-4-3-5-7-9;/h2*3-8H,2H2,1H3,(H,12,13);. The minimum Gasteiger partial charge on any atom is -0.478 e. The molecule has 0 saturated heterocycles. The van der Waals surface area contributed by atoms with Crippen LogP contribution in [0.25, 0.3) is 12.2 Å². The Morgan fingerprint density at radius 3 is 1.22 bits per heavy atom. The molecule has 4 nitrogen and oxygen atoms in total. The van der Waals surface area contributed by atoms with Gasteiger partial charge in [-0.15, -0.1) is 0 Å². The number of rotatable bonds is 6. The molecule has 0 aliphatic heterocycles. The average molecular weight is 404 g/mol. The molecule has 0 bridgehead atoms. The molecular formula is C22H24CrO4. The molecule has 0 fully saturated rings. The summed E-state index contributed by atoms with van der Waals surface area (Å²) in [5.41, 5.74) is 2.74. The quantitative estimate of drug-likeness (QED) is 0.655. The maximum absolute atomic E-state index is 10.7. The minimum absolute atomic E-state index is 0. The molecule has 2 N–H and O–H groups in total. The summed E-state index contributed by atoms with van der Waals surface area (Å²) in [6.07, 6.45) is 4.49. The number of carboxylic acid groups (broad SMARTS) is 2. The second kappa shape index (κ2) is 13.6. The fourth-order valence-corrected chi connectivity index (χ4v) is 2.13. The van der Waals surface area contributed by atoms with Gasteiger partial charge >= 0.3 is 11.9 Å². The van der Waals surface area contributed by atoms with E-state index in [2.05, 4.69) is 0 Å². The SMILES string of the molecule is CCC(=Cc1ccccc1)C(=O)O.CCC(=Cc1ccccc1)C(=O)O.[Cr]. The number of carbonyl (C=O) groups is 2. The Labute approximate surface area is 171 Å². The zero-order valence-corrected chi connectivity index (χ0v) is 16.7. The number of hydrogen-bond donors (Lipinski definition) is 2. The van der Waals surface area contributed by atoms with Crippen LogP contribution in [0.3, 0.4) is 0 Å². The number of benzene rings is 2. The Kier molecular flexibility index (Phi) is 12.3. The molecule has 5 heteroatoms. The second-order valence-corrected chi connectivity index (χ2v) is 5.48. The third kappa shape index (κ3) is 9.60. The van der Waals surface area contributed by atoms with Crippen molar-refractivity contribution < 1.29 is 37.2 Å². The van der Waals surface area contributed by atoms with E-state index < -0.39 is 11.9 Å². The molecule has 27 heavy (non-hydrogen) atoms. The Hall–Kier alpha value is -2.61. The van der Waals surface area contributed by atoms with Crippen LogP contribution in [0.1, 0.15) is 37.8 Å². The largest absolute Gasteiger partial charge is 0.478 e. The molecule has 2 rings (SSSR count). The van der Waals surface area contributed by atoms with Crippen molar-refractivity contribution >= 4 is 24.1 Å². The molecule has 0 atom stereocenters. The summed E-state index contributed by atoms with van der Waals surface area (Å²) in [5.74, 6) is -1.68. The molecule has 0 aliphatic rings. The molecule has 0 heterocycles. The molecule has 0 spiro atoms. The summed E-state index contributed by atoms with van der Waals surface area (Å²) >= 11 is 0. The van der Waals surface area contributed by atoms with Gasteiger partial charge in [-0.05, 0) is 36.1 Å². The van der Waals surface area contributed by atoms with Gasteiger partial charge in [0.1, 0.15) is 0 Å². The summed E-state index contributed by atoms with van der Waals surface area (Å²) in [6, 6.07) is 18.9. The van der Waals surface area contributed by atoms with Crippen molar-refractivity contribution in [1.29, 1.82) is 0 Å². The van der Waals surface area contributed by atoms with Crippen molar-refractivity contribution in [3.8, 4) is 0 Å². The van der Waals surface area contributed by atoms with Crippen LogP contribution in [0.4, 0.5) is 0 Å². The monoisotopic (exact) mass is 404 g/mol. The third-order valence-corrected chi connectivity index (χ3v) is 3.59. The van der Waals surface area contributed by atoms with E-state index in [-0.39, 0.29) is 17.4 Å². The van der Waals surface area contributed by atoms with Crippen LogP contribution in [0.5, 0.6) is 0 Å². The first-order valence-electron chi connectivity index (χ1n) is 8.45. The van der Waals surface area contributed by atoms with E-state index in [0.717, 1.165) is 11.1 Å². The van der Waals surface area contributed by atoms with Crippen molar-refractivity contribution in [2.45, 2.75) is 26.7 Å². The molecule has 142 valence electrons. The summed E-state index contributed by atoms with van der Waals surface area (Å²) in [6.45, 7) is 3.67. The average Bonchev–Trinajstić information content (AvgIpc) is 2.66. The van der Waals surface area contributed by atoms with E-state index in [1.807, 2.05) is 74.5 Å². The van der Waals surface area contributed by atoms with Crippen LogP contribution in [-0.2, 0) is 27.0 Å². The molecule has 2 aromatic rings. The van der Waals surface area contributed by atoms with Crippen molar-refractivity contribution in [3.05, 3.63) is 82.9 Å². The van der Waals surface area contributed by atoms with Gasteiger partial charge in [-0.25, -0.2) is 9.59 Å². The van der Waals surface area contributed by atoms with Crippen molar-refractivity contribution in [3.63, 3.8) is 0 Å². The molecule has 0 unspecified atom stereocenters. The second-order valence-electron chi connectivity index (χ2n) is 5.48. The predicted molar refractivity (Wildman–Crippen MR) is 105 cm³/mol. The molecule has 2 aromatic carbocycles. The smallest absolute Gasteiger partial charge is 0.331 e. The topological polar surface area (TPSA) is 74.6 Å². The van der Waals surface area contributed by atoms with Gasteiger partial charge in [0.2, 0.25) is 0 Å². The van der Waals surface area contributed by atoms with Crippen molar-refractivity contribution in [1.82, 2.24) is 0 Å². The molecular weight excluding hydrogens is 380 g/mol. The first-order chi connectivity index (χ1) is 12.5. The van der Waals surface area contributed by atoms with E-state index in [1.54, 1.807) is 12.2 Å². The van der Waals surface area contributed by atoms with E-state index >= 15 is 0 Å². The third-order valence-electron chi connectivity index (χ3n) is 3.59. The van der Waals surface area contributed by atoms with E-state index in [1.165, 1.54) is 0 Å². The predicted octanol–water partition coefficient (Wildman–Crippen LogP) is 5.13. The summed E-state index contributed by atoms with van der Waals surface area (Å²) < 4.78 is 0. The van der Waals surface area contributed by atoms with E-state index in [9.17, 15) is 9.59 Å². The van der Waals surface area contributed by atoms with Crippen LogP contribution < -0.4 is 0 Å². The van der Waals surface area contributed by atoms with Gasteiger partial charge in [-0.1, -0.05) is 74.5 Å². The fourth-order valence-electron chi connectivity index (χ4n) is 2.13. The Morgan fingerprint density at radius 2 is 1.00 bits per heavy atom. The van der Waals surface area contributed by atoms with Gasteiger partial charge in [0.15, 0.2) is 0 Å². The Balaban J connectivity index is 0.000000483. The maximum atomic E-state index is 10.7. The van der Waals surface area contributed by atoms with Gasteiger partial charge in [-0.3, -0.25) is 0 Å². The molecule has 0 radical (unpaired) electrons. The van der Waals surface area contributed by atoms with Gasteiger partial charge in [-0.2, -0.15) is 0 Å². The normalized spacial score (nSPS) is 10.9. The van der Waals surface area contributed by atoms with Crippen LogP contribution in [-0.4, -0.2) is 22.2 Å². The molecule has 0 amide bonds. The van der Waals surface area contributed by atoms with Gasteiger partial charge < -0.3 is 10.2 Å². The molecule has 0 saturated carbocycles. The minimum atomic E-state index is -0.841. The summed E-state index contributed by atoms with van der Waals surface area (Å²) in [4.78, 5) is 21.3. The van der Waals surface area contributed by atoms with Crippen LogP contribution >= 0.6 is 0 Å². The summed E-state index contributed by atoms with van der Waals surface area (Å²) in [5, 5.41) is 17.5. The zero-order chi connectivity index (χ0) is 19.4. The molecule has 0 aliphatic carbocycles. The Bertz CT molecular complexity index is 698. The number of carboxylic acids is 2. The zero-order valence-electron chi connectivity index (χ0n) is 15.5. The van der Waals surface area contributed by atoms with Gasteiger partial charge in [0.25, 0.3) is 0 Å². The van der Waals surface area contributed by atoms with Crippen LogP contribution in [0, 0.1) is 0 Å². The first kappa shape index (κ1) is 24.4. The Morgan fingerprint density at radius 1 is 0.704 bits per heavy atom. The first-order valence-corrected chi connectivity index (χ1v) is 8.45.